The van der Waals surface area contributed by atoms with Gasteiger partial charge in [-0.25, -0.2) is 4.98 Å². The van der Waals surface area contributed by atoms with Crippen LogP contribution in [-0.4, -0.2) is 58.3 Å². The summed E-state index contributed by atoms with van der Waals surface area (Å²) in [6, 6.07) is 5.77. The topological polar surface area (TPSA) is 78.7 Å². The van der Waals surface area contributed by atoms with Crippen LogP contribution < -0.4 is 10.6 Å². The summed E-state index contributed by atoms with van der Waals surface area (Å²) in [4.78, 5) is 33.4. The summed E-state index contributed by atoms with van der Waals surface area (Å²) < 4.78 is 1.79. The van der Waals surface area contributed by atoms with Crippen molar-refractivity contribution in [3.05, 3.63) is 35.8 Å². The normalized spacial score (nSPS) is 42.2. The van der Waals surface area contributed by atoms with Crippen LogP contribution in [0.4, 0.5) is 0 Å². The van der Waals surface area contributed by atoms with E-state index in [4.69, 9.17) is 0 Å². The molecule has 6 bridgehead atoms. The van der Waals surface area contributed by atoms with Crippen molar-refractivity contribution in [2.75, 3.05) is 26.2 Å². The van der Waals surface area contributed by atoms with Crippen molar-refractivity contribution in [1.82, 2.24) is 24.9 Å². The largest absolute Gasteiger partial charge is 0.350 e. The van der Waals surface area contributed by atoms with Crippen LogP contribution in [0.25, 0.3) is 5.65 Å². The molecule has 4 atom stereocenters. The number of nitrogens with one attached hydrogen (secondary N) is 2. The lowest BCUT2D eigenvalue weighted by Gasteiger charge is -2.44. The van der Waals surface area contributed by atoms with Crippen LogP contribution in [-0.2, 0) is 0 Å². The highest BCUT2D eigenvalue weighted by atomic mass is 16.2. The van der Waals surface area contributed by atoms with E-state index in [0.717, 1.165) is 56.8 Å². The predicted octanol–water partition coefficient (Wildman–Crippen LogP) is 3.10. The molecule has 184 valence electrons. The minimum absolute atomic E-state index is 0.0575. The lowest BCUT2D eigenvalue weighted by Crippen LogP contribution is -2.57. The average Bonchev–Trinajstić information content (AvgIpc) is 3.22. The summed E-state index contributed by atoms with van der Waals surface area (Å²) in [5.41, 5.74) is 2.54. The van der Waals surface area contributed by atoms with Crippen molar-refractivity contribution < 1.29 is 9.59 Å². The maximum atomic E-state index is 13.4. The molecule has 7 heteroatoms. The van der Waals surface area contributed by atoms with Gasteiger partial charge in [-0.3, -0.25) is 14.0 Å². The number of hydrogen-bond donors (Lipinski definition) is 2. The van der Waals surface area contributed by atoms with Crippen molar-refractivity contribution >= 4 is 17.5 Å². The first kappa shape index (κ1) is 20.7. The van der Waals surface area contributed by atoms with Gasteiger partial charge < -0.3 is 15.5 Å². The number of nitrogens with zero attached hydrogens (tertiary/aromatic N) is 3. The van der Waals surface area contributed by atoms with Gasteiger partial charge in [0.05, 0.1) is 0 Å². The molecular formula is C28H35N5O2. The van der Waals surface area contributed by atoms with E-state index in [0.29, 0.717) is 33.8 Å². The molecule has 3 saturated heterocycles. The molecule has 2 amide bonds. The van der Waals surface area contributed by atoms with E-state index in [1.807, 2.05) is 18.2 Å². The molecule has 5 aliphatic carbocycles. The molecule has 0 aromatic carbocycles. The summed E-state index contributed by atoms with van der Waals surface area (Å²) in [5.74, 6) is 3.15. The van der Waals surface area contributed by atoms with E-state index in [2.05, 4.69) is 20.5 Å². The minimum atomic E-state index is -0.134. The maximum absolute atomic E-state index is 13.4. The standard InChI is InChI=1S/C28H35N5O2/c34-25(31-21-13-32-6-4-18(21)5-7-32)22-14-33-23(2-1-3-24(33)30-22)26(35)29-16-27-10-17-8-19(9-17)28(15-27)12-20(28)11-27/h1-3,14,17-21H,4-13,15-16H2,(H,29,35)(H,31,34)/t17?,19?,20?,21-,27?,28?/m1/s1. The Bertz CT molecular complexity index is 1230. The number of hydrogen-bond acceptors (Lipinski definition) is 4. The smallest absolute Gasteiger partial charge is 0.271 e. The number of carbonyl (C=O) groups excluding carboxylic acids is 2. The molecule has 2 aromatic rings. The lowest BCUT2D eigenvalue weighted by atomic mass is 9.66. The Hall–Kier alpha value is -2.41. The third-order valence-corrected chi connectivity index (χ3v) is 11.0. The van der Waals surface area contributed by atoms with Gasteiger partial charge in [-0.1, -0.05) is 6.07 Å². The quantitative estimate of drug-likeness (QED) is 0.700. The molecule has 8 fully saturated rings. The molecular weight excluding hydrogens is 438 g/mol. The zero-order chi connectivity index (χ0) is 23.4. The molecule has 3 unspecified atom stereocenters. The van der Waals surface area contributed by atoms with Crippen molar-refractivity contribution in [1.29, 1.82) is 0 Å². The number of fused-ring (bicyclic) bond motifs is 4. The third kappa shape index (κ3) is 3.09. The average molecular weight is 474 g/mol. The van der Waals surface area contributed by atoms with Crippen molar-refractivity contribution in [2.45, 2.75) is 57.4 Å². The second-order valence-electron chi connectivity index (χ2n) is 12.9. The van der Waals surface area contributed by atoms with E-state index in [-0.39, 0.29) is 17.9 Å². The second-order valence-corrected chi connectivity index (χ2v) is 12.9. The molecule has 2 aromatic heterocycles. The van der Waals surface area contributed by atoms with Gasteiger partial charge in [0, 0.05) is 25.3 Å². The zero-order valence-electron chi connectivity index (χ0n) is 20.3. The molecule has 35 heavy (non-hydrogen) atoms. The van der Waals surface area contributed by atoms with Crippen LogP contribution in [0.15, 0.2) is 24.4 Å². The fourth-order valence-corrected chi connectivity index (χ4v) is 9.21. The minimum Gasteiger partial charge on any atom is -0.350 e. The summed E-state index contributed by atoms with van der Waals surface area (Å²) in [7, 11) is 0. The molecule has 2 N–H and O–H groups in total. The highest BCUT2D eigenvalue weighted by Gasteiger charge is 2.71. The van der Waals surface area contributed by atoms with Crippen molar-refractivity contribution in [2.24, 2.45) is 34.5 Å². The molecule has 10 rings (SSSR count). The van der Waals surface area contributed by atoms with Gasteiger partial charge in [0.1, 0.15) is 17.0 Å². The molecule has 5 heterocycles. The van der Waals surface area contributed by atoms with Crippen LogP contribution in [0, 0.1) is 34.5 Å². The van der Waals surface area contributed by atoms with Crippen molar-refractivity contribution in [3.63, 3.8) is 0 Å². The fraction of sp³-hybridized carbons (Fsp3) is 0.679. The summed E-state index contributed by atoms with van der Waals surface area (Å²) >= 11 is 0. The Morgan fingerprint density at radius 3 is 2.71 bits per heavy atom. The lowest BCUT2D eigenvalue weighted by molar-refractivity contribution is 0.0618. The third-order valence-electron chi connectivity index (χ3n) is 11.0. The van der Waals surface area contributed by atoms with Crippen LogP contribution >= 0.6 is 0 Å². The zero-order valence-corrected chi connectivity index (χ0v) is 20.3. The number of piperidine rings is 3. The van der Waals surface area contributed by atoms with E-state index in [1.54, 1.807) is 10.6 Å². The Morgan fingerprint density at radius 1 is 1.06 bits per heavy atom. The van der Waals surface area contributed by atoms with Crippen LogP contribution in [0.1, 0.15) is 72.3 Å². The monoisotopic (exact) mass is 473 g/mol. The summed E-state index contributed by atoms with van der Waals surface area (Å²) in [6.07, 6.45) is 12.3. The van der Waals surface area contributed by atoms with Gasteiger partial charge in [-0.05, 0) is 111 Å². The van der Waals surface area contributed by atoms with Crippen LogP contribution in [0.3, 0.4) is 0 Å². The maximum Gasteiger partial charge on any atom is 0.271 e. The van der Waals surface area contributed by atoms with Gasteiger partial charge in [0.15, 0.2) is 0 Å². The molecule has 0 radical (unpaired) electrons. The van der Waals surface area contributed by atoms with E-state index in [1.165, 1.54) is 38.5 Å². The van der Waals surface area contributed by atoms with Gasteiger partial charge in [0.2, 0.25) is 0 Å². The second kappa shape index (κ2) is 7.09. The van der Waals surface area contributed by atoms with Crippen LogP contribution in [0.2, 0.25) is 0 Å². The van der Waals surface area contributed by atoms with Crippen molar-refractivity contribution in [3.8, 4) is 0 Å². The highest BCUT2D eigenvalue weighted by Crippen LogP contribution is 2.79. The Morgan fingerprint density at radius 2 is 1.91 bits per heavy atom. The molecule has 1 spiro atoms. The number of amides is 2. The molecule has 8 aliphatic rings. The van der Waals surface area contributed by atoms with Gasteiger partial charge in [0.25, 0.3) is 11.8 Å². The molecule has 5 saturated carbocycles. The Balaban J connectivity index is 0.989. The predicted molar refractivity (Wildman–Crippen MR) is 131 cm³/mol. The number of imidazole rings is 1. The first-order valence-corrected chi connectivity index (χ1v) is 13.8. The molecule has 7 nitrogen and oxygen atoms in total. The fourth-order valence-electron chi connectivity index (χ4n) is 9.21. The van der Waals surface area contributed by atoms with E-state index in [9.17, 15) is 9.59 Å². The number of carbonyl (C=O) groups is 2. The SMILES string of the molecule is O=C(N[C@@H]1CN2CCC1CC2)c1cn2c(C(=O)NCC34CC5CC(C5)C5(CC5C3)C4)cccc2n1. The Kier molecular flexibility index (Phi) is 4.20. The van der Waals surface area contributed by atoms with Gasteiger partial charge in [-0.2, -0.15) is 0 Å². The van der Waals surface area contributed by atoms with E-state index >= 15 is 0 Å². The Labute approximate surface area is 206 Å². The number of rotatable bonds is 5. The summed E-state index contributed by atoms with van der Waals surface area (Å²) in [6.45, 7) is 4.01. The van der Waals surface area contributed by atoms with E-state index < -0.39 is 0 Å². The number of pyridine rings is 1. The molecule has 3 aliphatic heterocycles. The summed E-state index contributed by atoms with van der Waals surface area (Å²) in [5, 5.41) is 6.54. The van der Waals surface area contributed by atoms with Crippen LogP contribution in [0.5, 0.6) is 0 Å². The first-order chi connectivity index (χ1) is 17.0. The van der Waals surface area contributed by atoms with Gasteiger partial charge in [-0.15, -0.1) is 0 Å². The van der Waals surface area contributed by atoms with Gasteiger partial charge >= 0.3 is 0 Å². The first-order valence-electron chi connectivity index (χ1n) is 13.8. The highest BCUT2D eigenvalue weighted by molar-refractivity contribution is 5.95. The number of aromatic nitrogens is 2.